The van der Waals surface area contributed by atoms with E-state index in [4.69, 9.17) is 5.11 Å². The first kappa shape index (κ1) is 8.97. The molecule has 0 saturated heterocycles. The predicted molar refractivity (Wildman–Crippen MR) is 43.0 cm³/mol. The van der Waals surface area contributed by atoms with Gasteiger partial charge in [-0.15, -0.1) is 0 Å². The summed E-state index contributed by atoms with van der Waals surface area (Å²) in [6.07, 6.45) is 2.39. The smallest absolute Gasteiger partial charge is 0.107 e. The molecule has 3 N–H and O–H groups in total. The highest BCUT2D eigenvalue weighted by atomic mass is 16.3. The maximum absolute atomic E-state index is 9.31. The summed E-state index contributed by atoms with van der Waals surface area (Å²) >= 11 is 0. The Bertz CT molecular complexity index is 113. The molecule has 0 heterocycles. The van der Waals surface area contributed by atoms with E-state index in [0.717, 1.165) is 12.8 Å². The molecule has 0 aromatic heterocycles. The number of aliphatic hydroxyl groups is 2. The minimum Gasteiger partial charge on any atom is -0.393 e. The molecule has 0 bridgehead atoms. The van der Waals surface area contributed by atoms with Crippen LogP contribution in [-0.4, -0.2) is 29.1 Å². The lowest BCUT2D eigenvalue weighted by Crippen LogP contribution is -2.32. The second-order valence-corrected chi connectivity index (χ2v) is 3.37. The second kappa shape index (κ2) is 4.04. The van der Waals surface area contributed by atoms with E-state index in [2.05, 4.69) is 5.32 Å². The molecule has 0 spiro atoms. The third-order valence-corrected chi connectivity index (χ3v) is 1.98. The highest BCUT2D eigenvalue weighted by molar-refractivity contribution is 4.79. The monoisotopic (exact) mass is 159 g/mol. The number of hydrogen-bond acceptors (Lipinski definition) is 3. The molecule has 3 heteroatoms. The molecule has 1 rings (SSSR count). The Kier molecular flexibility index (Phi) is 3.30. The minimum atomic E-state index is -0.339. The van der Waals surface area contributed by atoms with Crippen molar-refractivity contribution in [1.29, 1.82) is 0 Å². The Hall–Kier alpha value is -0.120. The van der Waals surface area contributed by atoms with E-state index in [1.807, 2.05) is 0 Å². The molecule has 0 amide bonds. The van der Waals surface area contributed by atoms with Gasteiger partial charge < -0.3 is 10.2 Å². The lowest BCUT2D eigenvalue weighted by molar-refractivity contribution is 0.106. The normalized spacial score (nSPS) is 23.2. The third kappa shape index (κ3) is 3.70. The first-order valence-corrected chi connectivity index (χ1v) is 4.29. The van der Waals surface area contributed by atoms with E-state index in [1.54, 1.807) is 6.92 Å². The first-order chi connectivity index (χ1) is 5.20. The van der Waals surface area contributed by atoms with Gasteiger partial charge in [-0.05, 0) is 38.6 Å². The SMILES string of the molecule is CC(O)CCNC(O)C1CC1. The van der Waals surface area contributed by atoms with Crippen LogP contribution in [0.4, 0.5) is 0 Å². The Labute approximate surface area is 67.4 Å². The summed E-state index contributed by atoms with van der Waals surface area (Å²) in [5.41, 5.74) is 0. The average molecular weight is 159 g/mol. The van der Waals surface area contributed by atoms with Crippen molar-refractivity contribution >= 4 is 0 Å². The Morgan fingerprint density at radius 1 is 1.45 bits per heavy atom. The standard InChI is InChI=1S/C8H17NO2/c1-6(10)4-5-9-8(11)7-2-3-7/h6-11H,2-5H2,1H3. The topological polar surface area (TPSA) is 52.5 Å². The third-order valence-electron chi connectivity index (χ3n) is 1.98. The zero-order valence-electron chi connectivity index (χ0n) is 6.95. The van der Waals surface area contributed by atoms with Crippen LogP contribution in [0, 0.1) is 5.92 Å². The zero-order valence-corrected chi connectivity index (χ0v) is 6.95. The number of nitrogens with one attached hydrogen (secondary N) is 1. The molecule has 0 radical (unpaired) electrons. The lowest BCUT2D eigenvalue weighted by Gasteiger charge is -2.11. The van der Waals surface area contributed by atoms with Gasteiger partial charge in [-0.25, -0.2) is 0 Å². The summed E-state index contributed by atoms with van der Waals surface area (Å²) in [5.74, 6) is 0.476. The van der Waals surface area contributed by atoms with E-state index in [0.29, 0.717) is 18.9 Å². The number of hydrogen-bond donors (Lipinski definition) is 3. The van der Waals surface area contributed by atoms with E-state index in [-0.39, 0.29) is 12.3 Å². The van der Waals surface area contributed by atoms with Crippen LogP contribution >= 0.6 is 0 Å². The quantitative estimate of drug-likeness (QED) is 0.498. The van der Waals surface area contributed by atoms with Crippen molar-refractivity contribution in [2.45, 2.75) is 38.5 Å². The Morgan fingerprint density at radius 2 is 2.09 bits per heavy atom. The molecule has 1 aliphatic rings. The summed E-state index contributed by atoms with van der Waals surface area (Å²) in [5, 5.41) is 21.2. The van der Waals surface area contributed by atoms with Gasteiger partial charge in [0, 0.05) is 0 Å². The molecule has 1 aliphatic carbocycles. The zero-order chi connectivity index (χ0) is 8.27. The Balaban J connectivity index is 1.93. The summed E-state index contributed by atoms with van der Waals surface area (Å²) in [7, 11) is 0. The molecule has 2 unspecified atom stereocenters. The maximum Gasteiger partial charge on any atom is 0.107 e. The van der Waals surface area contributed by atoms with Crippen LogP contribution in [0.15, 0.2) is 0 Å². The molecule has 2 atom stereocenters. The van der Waals surface area contributed by atoms with Gasteiger partial charge in [0.25, 0.3) is 0 Å². The van der Waals surface area contributed by atoms with Crippen LogP contribution in [0.1, 0.15) is 26.2 Å². The molecule has 0 aliphatic heterocycles. The van der Waals surface area contributed by atoms with Gasteiger partial charge in [0.2, 0.25) is 0 Å². The number of aliphatic hydroxyl groups excluding tert-OH is 2. The van der Waals surface area contributed by atoms with E-state index < -0.39 is 0 Å². The molecule has 1 saturated carbocycles. The van der Waals surface area contributed by atoms with Crippen molar-refractivity contribution in [2.75, 3.05) is 6.54 Å². The lowest BCUT2D eigenvalue weighted by atomic mass is 10.3. The fraction of sp³-hybridized carbons (Fsp3) is 1.00. The van der Waals surface area contributed by atoms with Crippen LogP contribution in [0.2, 0.25) is 0 Å². The van der Waals surface area contributed by atoms with Gasteiger partial charge in [0.15, 0.2) is 0 Å². The van der Waals surface area contributed by atoms with Crippen LogP contribution in [0.5, 0.6) is 0 Å². The highest BCUT2D eigenvalue weighted by Gasteiger charge is 2.28. The molecular weight excluding hydrogens is 142 g/mol. The molecule has 11 heavy (non-hydrogen) atoms. The van der Waals surface area contributed by atoms with E-state index in [9.17, 15) is 5.11 Å². The summed E-state index contributed by atoms with van der Waals surface area (Å²) in [6, 6.07) is 0. The molecule has 3 nitrogen and oxygen atoms in total. The average Bonchev–Trinajstić information content (AvgIpc) is 2.66. The van der Waals surface area contributed by atoms with Gasteiger partial charge >= 0.3 is 0 Å². The molecule has 1 fully saturated rings. The van der Waals surface area contributed by atoms with Crippen molar-refractivity contribution in [3.05, 3.63) is 0 Å². The van der Waals surface area contributed by atoms with Gasteiger partial charge in [0.05, 0.1) is 6.10 Å². The van der Waals surface area contributed by atoms with E-state index >= 15 is 0 Å². The van der Waals surface area contributed by atoms with Gasteiger partial charge in [0.1, 0.15) is 6.23 Å². The van der Waals surface area contributed by atoms with Crippen molar-refractivity contribution in [1.82, 2.24) is 5.32 Å². The Morgan fingerprint density at radius 3 is 2.55 bits per heavy atom. The van der Waals surface area contributed by atoms with Crippen molar-refractivity contribution in [2.24, 2.45) is 5.92 Å². The summed E-state index contributed by atoms with van der Waals surface area (Å²) < 4.78 is 0. The summed E-state index contributed by atoms with van der Waals surface area (Å²) in [4.78, 5) is 0. The first-order valence-electron chi connectivity index (χ1n) is 4.29. The largest absolute Gasteiger partial charge is 0.393 e. The van der Waals surface area contributed by atoms with Crippen LogP contribution in [0.25, 0.3) is 0 Å². The molecule has 0 aromatic carbocycles. The predicted octanol–water partition coefficient (Wildman–Crippen LogP) is 0.0753. The van der Waals surface area contributed by atoms with Crippen LogP contribution < -0.4 is 5.32 Å². The van der Waals surface area contributed by atoms with Gasteiger partial charge in [-0.1, -0.05) is 0 Å². The van der Waals surface area contributed by atoms with Gasteiger partial charge in [-0.2, -0.15) is 0 Å². The molecular formula is C8H17NO2. The second-order valence-electron chi connectivity index (χ2n) is 3.37. The van der Waals surface area contributed by atoms with E-state index in [1.165, 1.54) is 0 Å². The minimum absolute atomic E-state index is 0.270. The maximum atomic E-state index is 9.31. The fourth-order valence-corrected chi connectivity index (χ4v) is 1.02. The van der Waals surface area contributed by atoms with Crippen LogP contribution in [-0.2, 0) is 0 Å². The van der Waals surface area contributed by atoms with Gasteiger partial charge in [-0.3, -0.25) is 5.32 Å². The van der Waals surface area contributed by atoms with Crippen LogP contribution in [0.3, 0.4) is 0 Å². The van der Waals surface area contributed by atoms with Crippen molar-refractivity contribution in [3.63, 3.8) is 0 Å². The molecule has 66 valence electrons. The summed E-state index contributed by atoms with van der Waals surface area (Å²) in [6.45, 7) is 2.46. The molecule has 0 aromatic rings. The van der Waals surface area contributed by atoms with Crippen molar-refractivity contribution in [3.8, 4) is 0 Å². The highest BCUT2D eigenvalue weighted by Crippen LogP contribution is 2.31. The fourth-order valence-electron chi connectivity index (χ4n) is 1.02. The number of rotatable bonds is 5. The van der Waals surface area contributed by atoms with Crippen molar-refractivity contribution < 1.29 is 10.2 Å².